The minimum absolute atomic E-state index is 0.340. The maximum Gasteiger partial charge on any atom is 0.187 e. The highest BCUT2D eigenvalue weighted by atomic mass is 16.5. The van der Waals surface area contributed by atoms with Crippen LogP contribution in [0.3, 0.4) is 0 Å². The first kappa shape index (κ1) is 11.8. The number of benzene rings is 2. The van der Waals surface area contributed by atoms with Crippen molar-refractivity contribution in [2.45, 2.75) is 18.6 Å². The third kappa shape index (κ3) is 2.18. The Kier molecular flexibility index (Phi) is 2.94. The molecule has 3 heteroatoms. The molecule has 1 aliphatic heterocycles. The molecule has 2 aromatic carbocycles. The van der Waals surface area contributed by atoms with Gasteiger partial charge in [0, 0.05) is 6.42 Å². The summed E-state index contributed by atoms with van der Waals surface area (Å²) in [5, 5.41) is 10.2. The second kappa shape index (κ2) is 4.75. The Balaban J connectivity index is 1.95. The van der Waals surface area contributed by atoms with Crippen LogP contribution in [-0.4, -0.2) is 11.2 Å². The number of ether oxygens (including phenoxy) is 1. The Morgan fingerprint density at radius 1 is 1.16 bits per heavy atom. The second-order valence-corrected chi connectivity index (χ2v) is 4.62. The first-order chi connectivity index (χ1) is 9.28. The number of fused-ring (bicyclic) bond motifs is 1. The smallest absolute Gasteiger partial charge is 0.187 e. The molecule has 19 heavy (non-hydrogen) atoms. The van der Waals surface area contributed by atoms with Gasteiger partial charge in [-0.2, -0.15) is 0 Å². The lowest BCUT2D eigenvalue weighted by Crippen LogP contribution is -2.30. The van der Waals surface area contributed by atoms with Crippen molar-refractivity contribution in [2.24, 2.45) is 0 Å². The molecule has 0 bridgehead atoms. The van der Waals surface area contributed by atoms with Crippen LogP contribution in [0.2, 0.25) is 0 Å². The van der Waals surface area contributed by atoms with Gasteiger partial charge in [-0.1, -0.05) is 36.4 Å². The average Bonchev–Trinajstić information content (AvgIpc) is 2.47. The molecule has 2 aromatic rings. The van der Waals surface area contributed by atoms with E-state index >= 15 is 0 Å². The van der Waals surface area contributed by atoms with Gasteiger partial charge in [-0.25, -0.2) is 4.85 Å². The van der Waals surface area contributed by atoms with Crippen LogP contribution in [0.1, 0.15) is 17.2 Å². The minimum Gasteiger partial charge on any atom is -0.483 e. The van der Waals surface area contributed by atoms with Crippen molar-refractivity contribution in [3.8, 4) is 5.75 Å². The predicted octanol–water partition coefficient (Wildman–Crippen LogP) is 3.27. The van der Waals surface area contributed by atoms with E-state index < -0.39 is 6.10 Å². The molecule has 0 aliphatic carbocycles. The molecule has 0 amide bonds. The molecule has 3 rings (SSSR count). The van der Waals surface area contributed by atoms with Gasteiger partial charge in [0.25, 0.3) is 0 Å². The second-order valence-electron chi connectivity index (χ2n) is 4.62. The normalized spacial score (nSPS) is 21.1. The van der Waals surface area contributed by atoms with Gasteiger partial charge in [0.1, 0.15) is 11.9 Å². The summed E-state index contributed by atoms with van der Waals surface area (Å²) in [6.07, 6.45) is -0.415. The SMILES string of the molecule is [C-]#[N+]c1ccc2c(c1)C[C@H](O)[C@@H](c1ccccc1)O2. The van der Waals surface area contributed by atoms with E-state index in [1.165, 1.54) is 0 Å². The predicted molar refractivity (Wildman–Crippen MR) is 72.2 cm³/mol. The number of hydrogen-bond donors (Lipinski definition) is 1. The van der Waals surface area contributed by atoms with Crippen molar-refractivity contribution < 1.29 is 9.84 Å². The Labute approximate surface area is 111 Å². The number of aliphatic hydroxyl groups is 1. The molecule has 0 unspecified atom stereocenters. The van der Waals surface area contributed by atoms with Gasteiger partial charge in [-0.05, 0) is 23.3 Å². The highest BCUT2D eigenvalue weighted by Gasteiger charge is 2.29. The maximum absolute atomic E-state index is 10.2. The van der Waals surface area contributed by atoms with Crippen LogP contribution in [0.5, 0.6) is 5.75 Å². The standard InChI is InChI=1S/C16H13NO2/c1-17-13-7-8-15-12(9-13)10-14(18)16(19-15)11-5-3-2-4-6-11/h2-9,14,16,18H,10H2/t14-,16+/m0/s1. The van der Waals surface area contributed by atoms with Crippen molar-refractivity contribution in [2.75, 3.05) is 0 Å². The summed E-state index contributed by atoms with van der Waals surface area (Å²) in [5.41, 5.74) is 2.44. The fourth-order valence-corrected chi connectivity index (χ4v) is 2.39. The fourth-order valence-electron chi connectivity index (χ4n) is 2.39. The number of hydrogen-bond acceptors (Lipinski definition) is 2. The third-order valence-corrected chi connectivity index (χ3v) is 3.33. The minimum atomic E-state index is -0.587. The van der Waals surface area contributed by atoms with E-state index in [4.69, 9.17) is 11.3 Å². The lowest BCUT2D eigenvalue weighted by atomic mass is 9.94. The zero-order valence-electron chi connectivity index (χ0n) is 10.3. The molecule has 0 radical (unpaired) electrons. The molecule has 1 heterocycles. The van der Waals surface area contributed by atoms with Crippen LogP contribution < -0.4 is 4.74 Å². The fraction of sp³-hybridized carbons (Fsp3) is 0.188. The summed E-state index contributed by atoms with van der Waals surface area (Å²) < 4.78 is 5.88. The van der Waals surface area contributed by atoms with Crippen molar-refractivity contribution in [1.29, 1.82) is 0 Å². The number of aliphatic hydroxyl groups excluding tert-OH is 1. The number of rotatable bonds is 1. The lowest BCUT2D eigenvalue weighted by molar-refractivity contribution is 0.0209. The van der Waals surface area contributed by atoms with Crippen LogP contribution >= 0.6 is 0 Å². The summed E-state index contributed by atoms with van der Waals surface area (Å²) in [4.78, 5) is 3.39. The Morgan fingerprint density at radius 2 is 1.95 bits per heavy atom. The molecular formula is C16H13NO2. The van der Waals surface area contributed by atoms with E-state index in [1.807, 2.05) is 36.4 Å². The molecule has 0 fully saturated rings. The summed E-state index contributed by atoms with van der Waals surface area (Å²) >= 11 is 0. The first-order valence-electron chi connectivity index (χ1n) is 6.18. The summed E-state index contributed by atoms with van der Waals surface area (Å²) in [6, 6.07) is 15.0. The van der Waals surface area contributed by atoms with E-state index in [0.29, 0.717) is 12.1 Å². The van der Waals surface area contributed by atoms with Gasteiger partial charge in [0.05, 0.1) is 12.7 Å². The quantitative estimate of drug-likeness (QED) is 0.789. The van der Waals surface area contributed by atoms with Gasteiger partial charge < -0.3 is 9.84 Å². The molecule has 2 atom stereocenters. The van der Waals surface area contributed by atoms with E-state index in [1.54, 1.807) is 12.1 Å². The van der Waals surface area contributed by atoms with Gasteiger partial charge in [0.2, 0.25) is 0 Å². The topological polar surface area (TPSA) is 33.8 Å². The molecule has 0 saturated carbocycles. The maximum atomic E-state index is 10.2. The van der Waals surface area contributed by atoms with Gasteiger partial charge in [0.15, 0.2) is 5.69 Å². The Hall–Kier alpha value is -2.31. The molecular weight excluding hydrogens is 238 g/mol. The highest BCUT2D eigenvalue weighted by Crippen LogP contribution is 2.36. The Bertz CT molecular complexity index is 631. The van der Waals surface area contributed by atoms with Crippen LogP contribution in [0.15, 0.2) is 48.5 Å². The summed E-state index contributed by atoms with van der Waals surface area (Å²) in [5.74, 6) is 0.756. The van der Waals surface area contributed by atoms with Gasteiger partial charge >= 0.3 is 0 Å². The van der Waals surface area contributed by atoms with Crippen molar-refractivity contribution in [1.82, 2.24) is 0 Å². The van der Waals surface area contributed by atoms with Crippen LogP contribution in [-0.2, 0) is 6.42 Å². The zero-order valence-corrected chi connectivity index (χ0v) is 10.3. The van der Waals surface area contributed by atoms with Crippen LogP contribution in [0, 0.1) is 6.57 Å². The Morgan fingerprint density at radius 3 is 2.68 bits per heavy atom. The van der Waals surface area contributed by atoms with E-state index in [2.05, 4.69) is 4.85 Å². The summed E-state index contributed by atoms with van der Waals surface area (Å²) in [6.45, 7) is 7.01. The van der Waals surface area contributed by atoms with Crippen LogP contribution in [0.4, 0.5) is 5.69 Å². The zero-order chi connectivity index (χ0) is 13.2. The molecule has 3 nitrogen and oxygen atoms in total. The summed E-state index contributed by atoms with van der Waals surface area (Å²) in [7, 11) is 0. The molecule has 1 aliphatic rings. The lowest BCUT2D eigenvalue weighted by Gasteiger charge is -2.31. The molecule has 94 valence electrons. The average molecular weight is 251 g/mol. The largest absolute Gasteiger partial charge is 0.483 e. The van der Waals surface area contributed by atoms with Crippen molar-refractivity contribution >= 4 is 5.69 Å². The highest BCUT2D eigenvalue weighted by molar-refractivity contribution is 5.53. The molecule has 0 spiro atoms. The molecule has 0 aromatic heterocycles. The van der Waals surface area contributed by atoms with Crippen LogP contribution in [0.25, 0.3) is 4.85 Å². The van der Waals surface area contributed by atoms with Gasteiger partial charge in [-0.3, -0.25) is 0 Å². The van der Waals surface area contributed by atoms with E-state index in [-0.39, 0.29) is 6.10 Å². The van der Waals surface area contributed by atoms with E-state index in [9.17, 15) is 5.11 Å². The van der Waals surface area contributed by atoms with Crippen molar-refractivity contribution in [3.05, 3.63) is 71.1 Å². The molecule has 1 N–H and O–H groups in total. The molecule has 0 saturated heterocycles. The monoisotopic (exact) mass is 251 g/mol. The van der Waals surface area contributed by atoms with E-state index in [0.717, 1.165) is 16.9 Å². The first-order valence-corrected chi connectivity index (χ1v) is 6.18. The number of nitrogens with zero attached hydrogens (tertiary/aromatic N) is 1. The van der Waals surface area contributed by atoms with Crippen molar-refractivity contribution in [3.63, 3.8) is 0 Å². The third-order valence-electron chi connectivity index (χ3n) is 3.33. The van der Waals surface area contributed by atoms with Gasteiger partial charge in [-0.15, -0.1) is 0 Å².